The van der Waals surface area contributed by atoms with Crippen molar-refractivity contribution in [2.24, 2.45) is 11.3 Å². The van der Waals surface area contributed by atoms with Crippen LogP contribution in [-0.2, 0) is 0 Å². The van der Waals surface area contributed by atoms with Crippen LogP contribution >= 0.6 is 0 Å². The third-order valence-corrected chi connectivity index (χ3v) is 2.56. The predicted molar refractivity (Wildman–Crippen MR) is 52.4 cm³/mol. The van der Waals surface area contributed by atoms with Gasteiger partial charge in [0.05, 0.1) is 12.7 Å². The second-order valence-corrected chi connectivity index (χ2v) is 4.43. The smallest absolute Gasteiger partial charge is 0.0638 e. The lowest BCUT2D eigenvalue weighted by atomic mass is 9.79. The topological polar surface area (TPSA) is 60.7 Å². The summed E-state index contributed by atoms with van der Waals surface area (Å²) in [4.78, 5) is 0. The standard InChI is InChI=1S/C10H22O3/c1-8(5-4-6-11)9(13)10(2,3)7-12/h8-9,11-13H,4-7H2,1-3H3/t8-,9-/m0/s1. The van der Waals surface area contributed by atoms with Gasteiger partial charge in [-0.15, -0.1) is 0 Å². The molecule has 0 rings (SSSR count). The lowest BCUT2D eigenvalue weighted by molar-refractivity contribution is -0.0283. The Morgan fingerprint density at radius 2 is 1.77 bits per heavy atom. The number of rotatable bonds is 6. The zero-order valence-electron chi connectivity index (χ0n) is 8.82. The van der Waals surface area contributed by atoms with Gasteiger partial charge in [0.15, 0.2) is 0 Å². The molecule has 0 aromatic heterocycles. The molecule has 0 aliphatic rings. The minimum atomic E-state index is -0.510. The molecule has 0 aromatic rings. The van der Waals surface area contributed by atoms with E-state index in [0.29, 0.717) is 6.42 Å². The summed E-state index contributed by atoms with van der Waals surface area (Å²) in [5.74, 6) is 0.120. The summed E-state index contributed by atoms with van der Waals surface area (Å²) in [7, 11) is 0. The average molecular weight is 190 g/mol. The van der Waals surface area contributed by atoms with E-state index in [1.807, 2.05) is 20.8 Å². The van der Waals surface area contributed by atoms with E-state index in [4.69, 9.17) is 10.2 Å². The maximum Gasteiger partial charge on any atom is 0.0638 e. The largest absolute Gasteiger partial charge is 0.396 e. The lowest BCUT2D eigenvalue weighted by Gasteiger charge is -2.32. The summed E-state index contributed by atoms with van der Waals surface area (Å²) < 4.78 is 0. The molecule has 0 fully saturated rings. The van der Waals surface area contributed by atoms with Crippen LogP contribution in [0.15, 0.2) is 0 Å². The van der Waals surface area contributed by atoms with E-state index in [-0.39, 0.29) is 19.1 Å². The molecule has 0 saturated carbocycles. The van der Waals surface area contributed by atoms with E-state index >= 15 is 0 Å². The van der Waals surface area contributed by atoms with Gasteiger partial charge in [0.1, 0.15) is 0 Å². The minimum Gasteiger partial charge on any atom is -0.396 e. The van der Waals surface area contributed by atoms with Gasteiger partial charge in [-0.05, 0) is 18.8 Å². The maximum absolute atomic E-state index is 9.83. The second-order valence-electron chi connectivity index (χ2n) is 4.43. The van der Waals surface area contributed by atoms with Gasteiger partial charge in [-0.2, -0.15) is 0 Å². The first-order valence-electron chi connectivity index (χ1n) is 4.85. The first-order chi connectivity index (χ1) is 5.95. The maximum atomic E-state index is 9.83. The van der Waals surface area contributed by atoms with Gasteiger partial charge in [-0.25, -0.2) is 0 Å². The Kier molecular flexibility index (Phi) is 5.53. The summed E-state index contributed by atoms with van der Waals surface area (Å²) >= 11 is 0. The molecule has 0 radical (unpaired) electrons. The van der Waals surface area contributed by atoms with Gasteiger partial charge in [-0.1, -0.05) is 20.8 Å². The lowest BCUT2D eigenvalue weighted by Crippen LogP contribution is -2.37. The first kappa shape index (κ1) is 12.9. The van der Waals surface area contributed by atoms with Gasteiger partial charge in [0.25, 0.3) is 0 Å². The van der Waals surface area contributed by atoms with Crippen molar-refractivity contribution in [1.29, 1.82) is 0 Å². The number of aliphatic hydroxyl groups is 3. The molecule has 0 heterocycles. The van der Waals surface area contributed by atoms with Crippen molar-refractivity contribution < 1.29 is 15.3 Å². The van der Waals surface area contributed by atoms with Crippen LogP contribution in [0.25, 0.3) is 0 Å². The van der Waals surface area contributed by atoms with E-state index in [1.54, 1.807) is 0 Å². The molecule has 0 saturated heterocycles. The van der Waals surface area contributed by atoms with Crippen molar-refractivity contribution in [3.8, 4) is 0 Å². The fourth-order valence-electron chi connectivity index (χ4n) is 1.43. The molecule has 3 nitrogen and oxygen atoms in total. The molecule has 3 heteroatoms. The van der Waals surface area contributed by atoms with Crippen LogP contribution < -0.4 is 0 Å². The van der Waals surface area contributed by atoms with Crippen molar-refractivity contribution in [1.82, 2.24) is 0 Å². The Balaban J connectivity index is 4.00. The van der Waals surface area contributed by atoms with Crippen molar-refractivity contribution in [3.05, 3.63) is 0 Å². The predicted octanol–water partition coefficient (Wildman–Crippen LogP) is 0.774. The highest BCUT2D eigenvalue weighted by Gasteiger charge is 2.30. The Hall–Kier alpha value is -0.120. The molecule has 0 spiro atoms. The van der Waals surface area contributed by atoms with E-state index in [1.165, 1.54) is 0 Å². The molecule has 0 aromatic carbocycles. The van der Waals surface area contributed by atoms with Crippen LogP contribution in [0.3, 0.4) is 0 Å². The summed E-state index contributed by atoms with van der Waals surface area (Å²) in [6.07, 6.45) is 0.991. The summed E-state index contributed by atoms with van der Waals surface area (Å²) in [5, 5.41) is 27.5. The normalized spacial score (nSPS) is 17.1. The quantitative estimate of drug-likeness (QED) is 0.580. The molecule has 80 valence electrons. The summed E-state index contributed by atoms with van der Waals surface area (Å²) in [6.45, 7) is 5.77. The molecule has 2 atom stereocenters. The fraction of sp³-hybridized carbons (Fsp3) is 1.00. The highest BCUT2D eigenvalue weighted by atomic mass is 16.3. The van der Waals surface area contributed by atoms with Crippen molar-refractivity contribution >= 4 is 0 Å². The van der Waals surface area contributed by atoms with Crippen LogP contribution in [0.5, 0.6) is 0 Å². The van der Waals surface area contributed by atoms with Gasteiger partial charge in [0, 0.05) is 12.0 Å². The second kappa shape index (κ2) is 5.58. The van der Waals surface area contributed by atoms with E-state index in [0.717, 1.165) is 6.42 Å². The average Bonchev–Trinajstić information content (AvgIpc) is 2.12. The Labute approximate surface area is 80.4 Å². The number of aliphatic hydroxyl groups excluding tert-OH is 3. The monoisotopic (exact) mass is 190 g/mol. The number of hydrogen-bond acceptors (Lipinski definition) is 3. The van der Waals surface area contributed by atoms with Crippen molar-refractivity contribution in [2.75, 3.05) is 13.2 Å². The zero-order chi connectivity index (χ0) is 10.5. The van der Waals surface area contributed by atoms with Crippen LogP contribution in [0.1, 0.15) is 33.6 Å². The summed E-state index contributed by atoms with van der Waals surface area (Å²) in [5.41, 5.74) is -0.450. The molecular weight excluding hydrogens is 168 g/mol. The molecule has 0 unspecified atom stereocenters. The number of hydrogen-bond donors (Lipinski definition) is 3. The van der Waals surface area contributed by atoms with Gasteiger partial charge in [0.2, 0.25) is 0 Å². The third kappa shape index (κ3) is 4.07. The van der Waals surface area contributed by atoms with Gasteiger partial charge >= 0.3 is 0 Å². The highest BCUT2D eigenvalue weighted by molar-refractivity contribution is 4.80. The first-order valence-corrected chi connectivity index (χ1v) is 4.85. The van der Waals surface area contributed by atoms with E-state index in [9.17, 15) is 5.11 Å². The highest BCUT2D eigenvalue weighted by Crippen LogP contribution is 2.27. The van der Waals surface area contributed by atoms with Gasteiger partial charge < -0.3 is 15.3 Å². The van der Waals surface area contributed by atoms with Crippen molar-refractivity contribution in [2.45, 2.75) is 39.7 Å². The van der Waals surface area contributed by atoms with Crippen molar-refractivity contribution in [3.63, 3.8) is 0 Å². The molecule has 0 aliphatic carbocycles. The molecule has 0 aliphatic heterocycles. The molecule has 13 heavy (non-hydrogen) atoms. The van der Waals surface area contributed by atoms with E-state index in [2.05, 4.69) is 0 Å². The van der Waals surface area contributed by atoms with Crippen LogP contribution in [-0.4, -0.2) is 34.6 Å². The Morgan fingerprint density at radius 1 is 1.23 bits per heavy atom. The zero-order valence-corrected chi connectivity index (χ0v) is 8.82. The van der Waals surface area contributed by atoms with Gasteiger partial charge in [-0.3, -0.25) is 0 Å². The molecule has 3 N–H and O–H groups in total. The van der Waals surface area contributed by atoms with E-state index < -0.39 is 11.5 Å². The Bertz CT molecular complexity index is 134. The molecular formula is C10H22O3. The molecule has 0 amide bonds. The fourth-order valence-corrected chi connectivity index (χ4v) is 1.43. The summed E-state index contributed by atoms with van der Waals surface area (Å²) in [6, 6.07) is 0. The minimum absolute atomic E-state index is 0.0162. The molecule has 0 bridgehead atoms. The third-order valence-electron chi connectivity index (χ3n) is 2.56. The SMILES string of the molecule is C[C@@H](CCCO)[C@H](O)C(C)(C)CO. The van der Waals surface area contributed by atoms with Crippen LogP contribution in [0.2, 0.25) is 0 Å². The Morgan fingerprint density at radius 3 is 2.15 bits per heavy atom. The van der Waals surface area contributed by atoms with Crippen LogP contribution in [0, 0.1) is 11.3 Å². The van der Waals surface area contributed by atoms with Crippen LogP contribution in [0.4, 0.5) is 0 Å².